The first kappa shape index (κ1) is 13.2. The van der Waals surface area contributed by atoms with Crippen LogP contribution in [0.4, 0.5) is 5.13 Å². The van der Waals surface area contributed by atoms with Crippen molar-refractivity contribution in [3.63, 3.8) is 0 Å². The van der Waals surface area contributed by atoms with Crippen molar-refractivity contribution in [1.29, 1.82) is 0 Å². The molecule has 1 aromatic carbocycles. The lowest BCUT2D eigenvalue weighted by Crippen LogP contribution is -2.39. The number of hydrogen-bond acceptors (Lipinski definition) is 5. The van der Waals surface area contributed by atoms with Gasteiger partial charge in [0, 0.05) is 6.54 Å². The topological polar surface area (TPSA) is 58.1 Å². The highest BCUT2D eigenvalue weighted by molar-refractivity contribution is 7.13. The lowest BCUT2D eigenvalue weighted by molar-refractivity contribution is -0.120. The maximum atomic E-state index is 12.3. The van der Waals surface area contributed by atoms with Crippen LogP contribution in [0, 0.1) is 0 Å². The highest BCUT2D eigenvalue weighted by atomic mass is 32.1. The Morgan fingerprint density at radius 1 is 1.40 bits per heavy atom. The van der Waals surface area contributed by atoms with Crippen LogP contribution < -0.4 is 5.32 Å². The molecule has 1 aromatic heterocycles. The number of amides is 1. The van der Waals surface area contributed by atoms with Gasteiger partial charge in [0.1, 0.15) is 5.51 Å². The summed E-state index contributed by atoms with van der Waals surface area (Å²) in [6, 6.07) is 10.2. The third-order valence-electron chi connectivity index (χ3n) is 3.48. The van der Waals surface area contributed by atoms with Gasteiger partial charge in [0.25, 0.3) is 0 Å². The Kier molecular flexibility index (Phi) is 4.03. The second-order valence-electron chi connectivity index (χ2n) is 4.85. The largest absolute Gasteiger partial charge is 0.299 e. The molecule has 2 aromatic rings. The molecule has 1 atom stereocenters. The molecule has 0 saturated carbocycles. The van der Waals surface area contributed by atoms with E-state index in [9.17, 15) is 4.79 Å². The quantitative estimate of drug-likeness (QED) is 0.936. The third-order valence-corrected chi connectivity index (χ3v) is 4.09. The molecule has 2 heterocycles. The van der Waals surface area contributed by atoms with Crippen molar-refractivity contribution < 1.29 is 4.79 Å². The van der Waals surface area contributed by atoms with E-state index in [-0.39, 0.29) is 11.9 Å². The van der Waals surface area contributed by atoms with Crippen LogP contribution in [0.15, 0.2) is 35.8 Å². The van der Waals surface area contributed by atoms with Crippen LogP contribution in [0.1, 0.15) is 18.4 Å². The van der Waals surface area contributed by atoms with Crippen LogP contribution in [-0.4, -0.2) is 33.6 Å². The molecule has 20 heavy (non-hydrogen) atoms. The van der Waals surface area contributed by atoms with E-state index in [2.05, 4.69) is 32.5 Å². The van der Waals surface area contributed by atoms with Gasteiger partial charge in [-0.2, -0.15) is 0 Å². The Labute approximate surface area is 121 Å². The molecular weight excluding hydrogens is 272 g/mol. The lowest BCUT2D eigenvalue weighted by Gasteiger charge is -2.23. The zero-order valence-electron chi connectivity index (χ0n) is 11.0. The second kappa shape index (κ2) is 6.11. The summed E-state index contributed by atoms with van der Waals surface area (Å²) in [5.41, 5.74) is 2.86. The van der Waals surface area contributed by atoms with Crippen molar-refractivity contribution in [2.75, 3.05) is 11.9 Å². The maximum Gasteiger partial charge on any atom is 0.243 e. The molecule has 1 aliphatic rings. The Bertz CT molecular complexity index is 558. The number of aromatic nitrogens is 2. The van der Waals surface area contributed by atoms with Crippen LogP contribution in [-0.2, 0) is 11.3 Å². The highest BCUT2D eigenvalue weighted by Gasteiger charge is 2.30. The van der Waals surface area contributed by atoms with E-state index in [1.807, 2.05) is 18.2 Å². The molecule has 1 aliphatic heterocycles. The standard InChI is InChI=1S/C14H16N4OS/c19-13(16-14-17-15-10-20-14)12-7-4-8-18(12)9-11-5-2-1-3-6-11/h1-3,5-6,10,12H,4,7-9H2,(H,16,17,19)/t12-/m1/s1. The van der Waals surface area contributed by atoms with E-state index in [1.165, 1.54) is 16.9 Å². The van der Waals surface area contributed by atoms with Crippen molar-refractivity contribution in [2.45, 2.75) is 25.4 Å². The number of likely N-dealkylation sites (tertiary alicyclic amines) is 1. The summed E-state index contributed by atoms with van der Waals surface area (Å²) in [6.45, 7) is 1.78. The predicted octanol–water partition coefficient (Wildman–Crippen LogP) is 2.14. The van der Waals surface area contributed by atoms with Crippen LogP contribution >= 0.6 is 11.3 Å². The molecule has 5 nitrogen and oxygen atoms in total. The summed E-state index contributed by atoms with van der Waals surface area (Å²) in [6.07, 6.45) is 1.96. The zero-order chi connectivity index (χ0) is 13.8. The van der Waals surface area contributed by atoms with Gasteiger partial charge in [-0.1, -0.05) is 41.7 Å². The Hall–Kier alpha value is -1.79. The van der Waals surface area contributed by atoms with Crippen molar-refractivity contribution in [1.82, 2.24) is 15.1 Å². The number of hydrogen-bond donors (Lipinski definition) is 1. The minimum Gasteiger partial charge on any atom is -0.299 e. The van der Waals surface area contributed by atoms with Crippen molar-refractivity contribution in [3.8, 4) is 0 Å². The molecule has 1 saturated heterocycles. The summed E-state index contributed by atoms with van der Waals surface area (Å²) >= 11 is 1.34. The number of nitrogens with zero attached hydrogens (tertiary/aromatic N) is 3. The van der Waals surface area contributed by atoms with Crippen molar-refractivity contribution >= 4 is 22.4 Å². The van der Waals surface area contributed by atoms with Crippen LogP contribution in [0.2, 0.25) is 0 Å². The van der Waals surface area contributed by atoms with E-state index in [0.717, 1.165) is 25.9 Å². The molecule has 1 N–H and O–H groups in total. The molecule has 104 valence electrons. The fourth-order valence-corrected chi connectivity index (χ4v) is 2.99. The normalized spacial score (nSPS) is 19.1. The van der Waals surface area contributed by atoms with E-state index in [1.54, 1.807) is 5.51 Å². The Balaban J connectivity index is 1.64. The van der Waals surface area contributed by atoms with Gasteiger partial charge < -0.3 is 0 Å². The molecule has 0 spiro atoms. The van der Waals surface area contributed by atoms with E-state index in [0.29, 0.717) is 5.13 Å². The van der Waals surface area contributed by atoms with E-state index >= 15 is 0 Å². The second-order valence-corrected chi connectivity index (χ2v) is 5.68. The minimum atomic E-state index is -0.0703. The lowest BCUT2D eigenvalue weighted by atomic mass is 10.1. The Morgan fingerprint density at radius 2 is 2.25 bits per heavy atom. The summed E-state index contributed by atoms with van der Waals surface area (Å²) in [4.78, 5) is 14.5. The number of benzene rings is 1. The molecular formula is C14H16N4OS. The highest BCUT2D eigenvalue weighted by Crippen LogP contribution is 2.21. The van der Waals surface area contributed by atoms with Crippen LogP contribution in [0.3, 0.4) is 0 Å². The first-order chi connectivity index (χ1) is 9.83. The molecule has 0 unspecified atom stereocenters. The zero-order valence-corrected chi connectivity index (χ0v) is 11.8. The number of carbonyl (C=O) groups is 1. The molecule has 3 rings (SSSR count). The van der Waals surface area contributed by atoms with Gasteiger partial charge >= 0.3 is 0 Å². The summed E-state index contributed by atoms with van der Waals surface area (Å²) in [5, 5.41) is 11.0. The molecule has 6 heteroatoms. The SMILES string of the molecule is O=C(Nc1nncs1)[C@H]1CCCN1Cc1ccccc1. The number of anilines is 1. The summed E-state index contributed by atoms with van der Waals surface area (Å²) < 4.78 is 0. The first-order valence-electron chi connectivity index (χ1n) is 6.68. The van der Waals surface area contributed by atoms with Crippen LogP contribution in [0.25, 0.3) is 0 Å². The monoisotopic (exact) mass is 288 g/mol. The number of nitrogens with one attached hydrogen (secondary N) is 1. The average molecular weight is 288 g/mol. The molecule has 0 bridgehead atoms. The average Bonchev–Trinajstić information content (AvgIpc) is 3.11. The van der Waals surface area contributed by atoms with Crippen molar-refractivity contribution in [3.05, 3.63) is 41.4 Å². The van der Waals surface area contributed by atoms with Gasteiger partial charge in [0.2, 0.25) is 11.0 Å². The number of carbonyl (C=O) groups excluding carboxylic acids is 1. The van der Waals surface area contributed by atoms with Gasteiger partial charge in [0.15, 0.2) is 0 Å². The predicted molar refractivity (Wildman–Crippen MR) is 78.4 cm³/mol. The van der Waals surface area contributed by atoms with Gasteiger partial charge in [-0.3, -0.25) is 15.0 Å². The fraction of sp³-hybridized carbons (Fsp3) is 0.357. The smallest absolute Gasteiger partial charge is 0.243 e. The van der Waals surface area contributed by atoms with Gasteiger partial charge in [-0.15, -0.1) is 10.2 Å². The number of rotatable bonds is 4. The molecule has 0 aliphatic carbocycles. The minimum absolute atomic E-state index is 0.0233. The third kappa shape index (κ3) is 3.02. The van der Waals surface area contributed by atoms with Gasteiger partial charge in [-0.25, -0.2) is 0 Å². The van der Waals surface area contributed by atoms with Gasteiger partial charge in [0.05, 0.1) is 6.04 Å². The van der Waals surface area contributed by atoms with Crippen molar-refractivity contribution in [2.24, 2.45) is 0 Å². The molecule has 1 amide bonds. The summed E-state index contributed by atoms with van der Waals surface area (Å²) in [5.74, 6) is 0.0233. The fourth-order valence-electron chi connectivity index (χ4n) is 2.55. The van der Waals surface area contributed by atoms with Crippen LogP contribution in [0.5, 0.6) is 0 Å². The molecule has 1 fully saturated rings. The maximum absolute atomic E-state index is 12.3. The van der Waals surface area contributed by atoms with E-state index in [4.69, 9.17) is 0 Å². The molecule has 0 radical (unpaired) electrons. The first-order valence-corrected chi connectivity index (χ1v) is 7.56. The summed E-state index contributed by atoms with van der Waals surface area (Å²) in [7, 11) is 0. The van der Waals surface area contributed by atoms with Gasteiger partial charge in [-0.05, 0) is 24.9 Å². The van der Waals surface area contributed by atoms with E-state index < -0.39 is 0 Å². The Morgan fingerprint density at radius 3 is 3.00 bits per heavy atom.